The molecule has 3 rings (SSSR count). The van der Waals surface area contributed by atoms with Crippen LogP contribution < -0.4 is 0 Å². The van der Waals surface area contributed by atoms with E-state index in [0.29, 0.717) is 12.1 Å². The fourth-order valence-electron chi connectivity index (χ4n) is 2.67. The van der Waals surface area contributed by atoms with Crippen molar-refractivity contribution in [2.45, 2.75) is 26.0 Å². The van der Waals surface area contributed by atoms with Gasteiger partial charge in [0.05, 0.1) is 29.5 Å². The third-order valence-electron chi connectivity index (χ3n) is 3.82. The number of rotatable bonds is 5. The third-order valence-corrected chi connectivity index (χ3v) is 3.82. The Kier molecular flexibility index (Phi) is 4.08. The molecule has 0 aliphatic rings. The summed E-state index contributed by atoms with van der Waals surface area (Å²) in [5.41, 5.74) is 1.68. The number of aliphatic hydroxyl groups excluding tert-OH is 1. The number of hydrogen-bond acceptors (Lipinski definition) is 4. The van der Waals surface area contributed by atoms with E-state index in [1.165, 1.54) is 10.7 Å². The Morgan fingerprint density at radius 1 is 1.22 bits per heavy atom. The van der Waals surface area contributed by atoms with Crippen molar-refractivity contribution in [3.05, 3.63) is 69.9 Å². The Labute approximate surface area is 133 Å². The first kappa shape index (κ1) is 15.2. The van der Waals surface area contributed by atoms with Crippen LogP contribution in [0.3, 0.4) is 0 Å². The van der Waals surface area contributed by atoms with Gasteiger partial charge in [-0.05, 0) is 28.2 Å². The molecule has 0 fully saturated rings. The molecular weight excluding hydrogens is 294 g/mol. The van der Waals surface area contributed by atoms with E-state index in [4.69, 9.17) is 0 Å². The quantitative estimate of drug-likeness (QED) is 0.580. The number of nitrogens with zero attached hydrogens (tertiary/aromatic N) is 3. The Morgan fingerprint density at radius 2 is 1.96 bits per heavy atom. The maximum atomic E-state index is 10.7. The maximum absolute atomic E-state index is 10.7. The zero-order valence-electron chi connectivity index (χ0n) is 12.7. The number of fused-ring (bicyclic) bond motifs is 1. The van der Waals surface area contributed by atoms with Crippen LogP contribution in [0.25, 0.3) is 10.8 Å². The molecule has 1 aromatic heterocycles. The van der Waals surface area contributed by atoms with Crippen molar-refractivity contribution in [3.63, 3.8) is 0 Å². The fourth-order valence-corrected chi connectivity index (χ4v) is 2.67. The lowest BCUT2D eigenvalue weighted by atomic mass is 10.0. The van der Waals surface area contributed by atoms with Gasteiger partial charge in [0.25, 0.3) is 0 Å². The second-order valence-electron chi connectivity index (χ2n) is 5.62. The summed E-state index contributed by atoms with van der Waals surface area (Å²) in [4.78, 5) is 10.2. The highest BCUT2D eigenvalue weighted by molar-refractivity contribution is 5.82. The van der Waals surface area contributed by atoms with Crippen LogP contribution >= 0.6 is 0 Å². The van der Waals surface area contributed by atoms with Crippen LogP contribution in [-0.4, -0.2) is 25.9 Å². The molecule has 1 heterocycles. The van der Waals surface area contributed by atoms with Gasteiger partial charge in [-0.3, -0.25) is 0 Å². The number of aliphatic hydroxyl groups is 1. The van der Waals surface area contributed by atoms with Gasteiger partial charge in [-0.25, -0.2) is 0 Å². The van der Waals surface area contributed by atoms with E-state index in [0.717, 1.165) is 16.3 Å². The van der Waals surface area contributed by atoms with Gasteiger partial charge < -0.3 is 15.2 Å². The molecule has 0 bridgehead atoms. The number of hydrogen-bond donors (Lipinski definition) is 1. The van der Waals surface area contributed by atoms with Crippen molar-refractivity contribution in [1.29, 1.82) is 0 Å². The monoisotopic (exact) mass is 311 g/mol. The molecule has 0 aliphatic carbocycles. The van der Waals surface area contributed by atoms with E-state index in [9.17, 15) is 15.2 Å². The summed E-state index contributed by atoms with van der Waals surface area (Å²) in [5, 5.41) is 27.2. The summed E-state index contributed by atoms with van der Waals surface area (Å²) in [6, 6.07) is 15.5. The van der Waals surface area contributed by atoms with Gasteiger partial charge in [-0.1, -0.05) is 42.5 Å². The lowest BCUT2D eigenvalue weighted by Gasteiger charge is -2.10. The largest absolute Gasteiger partial charge is 0.391 e. The lowest BCUT2D eigenvalue weighted by molar-refractivity contribution is -0.389. The van der Waals surface area contributed by atoms with Crippen LogP contribution in [0.5, 0.6) is 0 Å². The third kappa shape index (κ3) is 3.37. The van der Waals surface area contributed by atoms with Crippen molar-refractivity contribution in [2.24, 2.45) is 0 Å². The minimum absolute atomic E-state index is 0.194. The molecule has 1 N–H and O–H groups in total. The zero-order valence-corrected chi connectivity index (χ0v) is 12.7. The highest BCUT2D eigenvalue weighted by Gasteiger charge is 2.18. The molecule has 2 aromatic carbocycles. The summed E-state index contributed by atoms with van der Waals surface area (Å²) in [6.45, 7) is 1.97. The molecule has 3 aromatic rings. The molecule has 0 radical (unpaired) electrons. The molecule has 118 valence electrons. The smallest absolute Gasteiger partial charge is 0.390 e. The molecule has 6 nitrogen and oxygen atoms in total. The number of aromatic nitrogens is 2. The Hall–Kier alpha value is -2.73. The van der Waals surface area contributed by atoms with Crippen LogP contribution in [0.4, 0.5) is 5.82 Å². The highest BCUT2D eigenvalue weighted by Crippen LogP contribution is 2.17. The molecule has 0 saturated carbocycles. The van der Waals surface area contributed by atoms with Gasteiger partial charge in [0.2, 0.25) is 0 Å². The van der Waals surface area contributed by atoms with Gasteiger partial charge in [0, 0.05) is 6.42 Å². The fraction of sp³-hybridized carbons (Fsp3) is 0.235. The minimum Gasteiger partial charge on any atom is -0.391 e. The van der Waals surface area contributed by atoms with E-state index < -0.39 is 11.0 Å². The van der Waals surface area contributed by atoms with Crippen LogP contribution in [0.2, 0.25) is 0 Å². The van der Waals surface area contributed by atoms with Gasteiger partial charge >= 0.3 is 5.82 Å². The average molecular weight is 311 g/mol. The van der Waals surface area contributed by atoms with Crippen LogP contribution in [0, 0.1) is 17.0 Å². The van der Waals surface area contributed by atoms with Gasteiger partial charge in [-0.2, -0.15) is 4.68 Å². The number of nitro groups is 1. The van der Waals surface area contributed by atoms with Gasteiger partial charge in [-0.15, -0.1) is 0 Å². The molecule has 0 spiro atoms. The minimum atomic E-state index is -0.658. The topological polar surface area (TPSA) is 81.2 Å². The second-order valence-corrected chi connectivity index (χ2v) is 5.62. The van der Waals surface area contributed by atoms with E-state index in [1.54, 1.807) is 6.92 Å². The standard InChI is InChI=1S/C17H17N3O3/c1-12-8-17(20(22)23)18-19(12)11-16(21)10-13-6-7-14-4-2-3-5-15(14)9-13/h2-9,16,21H,10-11H2,1H3/t16-/m1/s1. The Balaban J connectivity index is 1.73. The molecule has 1 atom stereocenters. The SMILES string of the molecule is Cc1cc([N+](=O)[O-])nn1C[C@H](O)Cc1ccc2ccccc2c1. The predicted molar refractivity (Wildman–Crippen MR) is 87.3 cm³/mol. The summed E-state index contributed by atoms with van der Waals surface area (Å²) < 4.78 is 1.48. The van der Waals surface area contributed by atoms with Crippen LogP contribution in [-0.2, 0) is 13.0 Å². The van der Waals surface area contributed by atoms with Crippen molar-refractivity contribution < 1.29 is 10.0 Å². The lowest BCUT2D eigenvalue weighted by Crippen LogP contribution is -2.20. The summed E-state index contributed by atoms with van der Waals surface area (Å²) in [7, 11) is 0. The first-order valence-corrected chi connectivity index (χ1v) is 7.37. The van der Waals surface area contributed by atoms with Crippen molar-refractivity contribution in [3.8, 4) is 0 Å². The van der Waals surface area contributed by atoms with E-state index in [-0.39, 0.29) is 12.4 Å². The summed E-state index contributed by atoms with van der Waals surface area (Å²) >= 11 is 0. The molecule has 23 heavy (non-hydrogen) atoms. The van der Waals surface area contributed by atoms with Crippen molar-refractivity contribution in [1.82, 2.24) is 9.78 Å². The van der Waals surface area contributed by atoms with Crippen molar-refractivity contribution in [2.75, 3.05) is 0 Å². The number of aryl methyl sites for hydroxylation is 1. The predicted octanol–water partition coefficient (Wildman–Crippen LogP) is 2.86. The Bertz CT molecular complexity index is 857. The first-order valence-electron chi connectivity index (χ1n) is 7.37. The number of benzene rings is 2. The molecular formula is C17H17N3O3. The van der Waals surface area contributed by atoms with E-state index in [1.807, 2.05) is 36.4 Å². The van der Waals surface area contributed by atoms with E-state index >= 15 is 0 Å². The molecule has 0 aliphatic heterocycles. The summed E-state index contributed by atoms with van der Waals surface area (Å²) in [6.07, 6.45) is -0.188. The summed E-state index contributed by atoms with van der Waals surface area (Å²) in [5.74, 6) is -0.194. The van der Waals surface area contributed by atoms with Crippen LogP contribution in [0.15, 0.2) is 48.5 Å². The molecule has 0 saturated heterocycles. The molecule has 0 unspecified atom stereocenters. The average Bonchev–Trinajstić information content (AvgIpc) is 2.88. The van der Waals surface area contributed by atoms with Crippen LogP contribution in [0.1, 0.15) is 11.3 Å². The molecule has 6 heteroatoms. The second kappa shape index (κ2) is 6.18. The van der Waals surface area contributed by atoms with E-state index in [2.05, 4.69) is 11.2 Å². The Morgan fingerprint density at radius 3 is 2.65 bits per heavy atom. The van der Waals surface area contributed by atoms with Gasteiger partial charge in [0.1, 0.15) is 0 Å². The normalized spacial score (nSPS) is 12.4. The first-order chi connectivity index (χ1) is 11.0. The molecule has 0 amide bonds. The zero-order chi connectivity index (χ0) is 16.4. The van der Waals surface area contributed by atoms with Crippen molar-refractivity contribution >= 4 is 16.6 Å². The maximum Gasteiger partial charge on any atom is 0.390 e. The highest BCUT2D eigenvalue weighted by atomic mass is 16.6. The van der Waals surface area contributed by atoms with Gasteiger partial charge in [0.15, 0.2) is 0 Å².